The van der Waals surface area contributed by atoms with Crippen LogP contribution in [0.25, 0.3) is 0 Å². The Morgan fingerprint density at radius 2 is 1.45 bits per heavy atom. The second kappa shape index (κ2) is 12.2. The van der Waals surface area contributed by atoms with Crippen LogP contribution < -0.4 is 14.8 Å². The molecule has 0 bridgehead atoms. The summed E-state index contributed by atoms with van der Waals surface area (Å²) >= 11 is 0. The molecule has 1 N–H and O–H groups in total. The maximum atomic E-state index is 12.3. The highest BCUT2D eigenvalue weighted by Crippen LogP contribution is 2.26. The van der Waals surface area contributed by atoms with Gasteiger partial charge in [0, 0.05) is 24.3 Å². The molecule has 2 amide bonds. The van der Waals surface area contributed by atoms with E-state index < -0.39 is 18.5 Å². The minimum absolute atomic E-state index is 0.0669. The van der Waals surface area contributed by atoms with Crippen LogP contribution in [0.5, 0.6) is 11.5 Å². The van der Waals surface area contributed by atoms with Crippen molar-refractivity contribution in [1.82, 2.24) is 4.90 Å². The van der Waals surface area contributed by atoms with Crippen molar-refractivity contribution in [3.63, 3.8) is 0 Å². The van der Waals surface area contributed by atoms with Gasteiger partial charge in [0.15, 0.2) is 24.7 Å². The fourth-order valence-electron chi connectivity index (χ4n) is 2.76. The number of para-hydroxylation sites is 2. The lowest BCUT2D eigenvalue weighted by atomic mass is 10.2. The minimum Gasteiger partial charge on any atom is -0.490 e. The number of carbonyl (C=O) groups is 3. The average Bonchev–Trinajstić information content (AvgIpc) is 2.78. The van der Waals surface area contributed by atoms with E-state index in [-0.39, 0.29) is 12.5 Å². The van der Waals surface area contributed by atoms with Gasteiger partial charge < -0.3 is 24.4 Å². The topological polar surface area (TPSA) is 94.2 Å². The lowest BCUT2D eigenvalue weighted by Crippen LogP contribution is -2.30. The molecule has 0 aliphatic carbocycles. The fraction of sp³-hybridized carbons (Fsp3) is 0.348. The number of hydrogen-bond acceptors (Lipinski definition) is 6. The first-order chi connectivity index (χ1) is 15.0. The van der Waals surface area contributed by atoms with E-state index in [4.69, 9.17) is 14.2 Å². The molecule has 0 saturated heterocycles. The second-order valence-electron chi connectivity index (χ2n) is 6.43. The first-order valence-corrected chi connectivity index (χ1v) is 10.2. The van der Waals surface area contributed by atoms with Crippen molar-refractivity contribution >= 4 is 23.5 Å². The highest BCUT2D eigenvalue weighted by molar-refractivity contribution is 5.96. The quantitative estimate of drug-likeness (QED) is 0.553. The van der Waals surface area contributed by atoms with Crippen molar-refractivity contribution in [2.24, 2.45) is 0 Å². The van der Waals surface area contributed by atoms with Gasteiger partial charge in [-0.3, -0.25) is 9.59 Å². The molecule has 0 heterocycles. The van der Waals surface area contributed by atoms with Crippen LogP contribution in [0.15, 0.2) is 48.5 Å². The molecule has 2 rings (SSSR count). The number of hydrogen-bond donors (Lipinski definition) is 1. The molecule has 2 aromatic rings. The van der Waals surface area contributed by atoms with Crippen molar-refractivity contribution in [1.29, 1.82) is 0 Å². The van der Waals surface area contributed by atoms with Crippen LogP contribution in [0.1, 0.15) is 31.1 Å². The summed E-state index contributed by atoms with van der Waals surface area (Å²) in [5, 5.41) is 2.62. The van der Waals surface area contributed by atoms with E-state index in [1.54, 1.807) is 53.4 Å². The van der Waals surface area contributed by atoms with Crippen LogP contribution in [0, 0.1) is 0 Å². The largest absolute Gasteiger partial charge is 0.490 e. The van der Waals surface area contributed by atoms with E-state index in [0.29, 0.717) is 42.4 Å². The summed E-state index contributed by atoms with van der Waals surface area (Å²) in [5.41, 5.74) is 1.04. The fourth-order valence-corrected chi connectivity index (χ4v) is 2.76. The van der Waals surface area contributed by atoms with Gasteiger partial charge in [-0.05, 0) is 57.2 Å². The van der Waals surface area contributed by atoms with Crippen molar-refractivity contribution in [3.05, 3.63) is 54.1 Å². The second-order valence-corrected chi connectivity index (χ2v) is 6.43. The van der Waals surface area contributed by atoms with Gasteiger partial charge in [0.25, 0.3) is 11.8 Å². The number of ether oxygens (including phenoxy) is 3. The van der Waals surface area contributed by atoms with Crippen LogP contribution in [0.3, 0.4) is 0 Å². The van der Waals surface area contributed by atoms with Gasteiger partial charge in [-0.25, -0.2) is 4.79 Å². The summed E-state index contributed by atoms with van der Waals surface area (Å²) in [4.78, 5) is 37.9. The van der Waals surface area contributed by atoms with Gasteiger partial charge in [0.1, 0.15) is 0 Å². The monoisotopic (exact) mass is 428 g/mol. The molecule has 0 radical (unpaired) electrons. The number of esters is 1. The lowest BCUT2D eigenvalue weighted by molar-refractivity contribution is -0.149. The summed E-state index contributed by atoms with van der Waals surface area (Å²) in [6, 6.07) is 13.5. The molecular weight excluding hydrogens is 400 g/mol. The highest BCUT2D eigenvalue weighted by Gasteiger charge is 2.13. The Morgan fingerprint density at radius 3 is 2.03 bits per heavy atom. The van der Waals surface area contributed by atoms with E-state index in [9.17, 15) is 14.4 Å². The number of nitrogens with zero attached hydrogens (tertiary/aromatic N) is 1. The smallest absolute Gasteiger partial charge is 0.344 e. The van der Waals surface area contributed by atoms with Gasteiger partial charge in [-0.15, -0.1) is 0 Å². The molecule has 0 aromatic heterocycles. The Morgan fingerprint density at radius 1 is 0.839 bits per heavy atom. The third kappa shape index (κ3) is 7.33. The van der Waals surface area contributed by atoms with Crippen molar-refractivity contribution in [2.75, 3.05) is 38.2 Å². The van der Waals surface area contributed by atoms with Crippen LogP contribution in [-0.2, 0) is 14.3 Å². The van der Waals surface area contributed by atoms with Crippen molar-refractivity contribution < 1.29 is 28.6 Å². The first kappa shape index (κ1) is 23.7. The van der Waals surface area contributed by atoms with Crippen molar-refractivity contribution in [3.8, 4) is 11.5 Å². The molecule has 0 atom stereocenters. The molecular formula is C23H28N2O6. The van der Waals surface area contributed by atoms with E-state index in [0.717, 1.165) is 0 Å². The lowest BCUT2D eigenvalue weighted by Gasteiger charge is -2.18. The molecule has 8 heteroatoms. The molecule has 2 aromatic carbocycles. The maximum absolute atomic E-state index is 12.3. The Balaban J connectivity index is 1.79. The first-order valence-electron chi connectivity index (χ1n) is 10.2. The third-order valence-electron chi connectivity index (χ3n) is 4.33. The molecule has 0 aliphatic rings. The Kier molecular flexibility index (Phi) is 9.35. The molecule has 8 nitrogen and oxygen atoms in total. The van der Waals surface area contributed by atoms with Crippen LogP contribution in [0.4, 0.5) is 5.69 Å². The zero-order chi connectivity index (χ0) is 22.6. The van der Waals surface area contributed by atoms with Gasteiger partial charge >= 0.3 is 5.97 Å². The van der Waals surface area contributed by atoms with Crippen molar-refractivity contribution in [2.45, 2.75) is 20.8 Å². The molecule has 0 saturated carbocycles. The normalized spacial score (nSPS) is 10.2. The number of rotatable bonds is 11. The third-order valence-corrected chi connectivity index (χ3v) is 4.33. The summed E-state index contributed by atoms with van der Waals surface area (Å²) < 4.78 is 15.8. The molecule has 0 spiro atoms. The highest BCUT2D eigenvalue weighted by atomic mass is 16.6. The van der Waals surface area contributed by atoms with E-state index >= 15 is 0 Å². The standard InChI is InChI=1S/C23H28N2O6/c1-4-25(5-2)23(28)17-11-13-18(14-12-17)24-21(26)15-31-22(27)16-30-20-10-8-7-9-19(20)29-6-3/h7-14H,4-6,15-16H2,1-3H3,(H,24,26). The van der Waals surface area contributed by atoms with Crippen LogP contribution in [-0.4, -0.2) is 55.6 Å². The van der Waals surface area contributed by atoms with E-state index in [2.05, 4.69) is 5.32 Å². The zero-order valence-electron chi connectivity index (χ0n) is 18.1. The zero-order valence-corrected chi connectivity index (χ0v) is 18.1. The molecule has 0 fully saturated rings. The SMILES string of the molecule is CCOc1ccccc1OCC(=O)OCC(=O)Nc1ccc(C(=O)N(CC)CC)cc1. The van der Waals surface area contributed by atoms with Gasteiger partial charge in [-0.2, -0.15) is 0 Å². The predicted molar refractivity (Wildman–Crippen MR) is 116 cm³/mol. The maximum Gasteiger partial charge on any atom is 0.344 e. The van der Waals surface area contributed by atoms with Crippen LogP contribution in [0.2, 0.25) is 0 Å². The van der Waals surface area contributed by atoms with Gasteiger partial charge in [0.05, 0.1) is 6.61 Å². The Labute approximate surface area is 182 Å². The molecule has 0 unspecified atom stereocenters. The number of amides is 2. The summed E-state index contributed by atoms with van der Waals surface area (Å²) in [5.74, 6) is -0.293. The van der Waals surface area contributed by atoms with E-state index in [1.165, 1.54) is 0 Å². The molecule has 166 valence electrons. The summed E-state index contributed by atoms with van der Waals surface area (Å²) in [6.07, 6.45) is 0. The van der Waals surface area contributed by atoms with Crippen LogP contribution >= 0.6 is 0 Å². The molecule has 31 heavy (non-hydrogen) atoms. The Bertz CT molecular complexity index is 878. The van der Waals surface area contributed by atoms with Gasteiger partial charge in [-0.1, -0.05) is 12.1 Å². The number of benzene rings is 2. The number of nitrogens with one attached hydrogen (secondary N) is 1. The predicted octanol–water partition coefficient (Wildman–Crippen LogP) is 3.13. The number of carbonyl (C=O) groups excluding carboxylic acids is 3. The van der Waals surface area contributed by atoms with E-state index in [1.807, 2.05) is 20.8 Å². The number of anilines is 1. The average molecular weight is 428 g/mol. The summed E-state index contributed by atoms with van der Waals surface area (Å²) in [6.45, 7) is 6.60. The van der Waals surface area contributed by atoms with Gasteiger partial charge in [0.2, 0.25) is 0 Å². The minimum atomic E-state index is -0.679. The summed E-state index contributed by atoms with van der Waals surface area (Å²) in [7, 11) is 0. The molecule has 0 aliphatic heterocycles. The Hall–Kier alpha value is -3.55.